The molecule has 1 aliphatic heterocycles. The van der Waals surface area contributed by atoms with E-state index in [1.54, 1.807) is 6.92 Å². The Kier molecular flexibility index (Phi) is 7.90. The maximum Gasteiger partial charge on any atom is 0.322 e. The minimum absolute atomic E-state index is 0.203. The molecule has 2 N–H and O–H groups in total. The number of thioether (sulfide) groups is 1. The molecule has 0 spiro atoms. The summed E-state index contributed by atoms with van der Waals surface area (Å²) in [5.74, 6) is 1.04. The van der Waals surface area contributed by atoms with E-state index in [0.717, 1.165) is 25.9 Å². The summed E-state index contributed by atoms with van der Waals surface area (Å²) in [5.41, 5.74) is 5.68. The Hall–Kier alpha value is -0.750. The third-order valence-corrected chi connectivity index (χ3v) is 4.07. The second-order valence-electron chi connectivity index (χ2n) is 4.64. The number of piperidine rings is 1. The van der Waals surface area contributed by atoms with Gasteiger partial charge in [0.25, 0.3) is 0 Å². The van der Waals surface area contributed by atoms with Gasteiger partial charge >= 0.3 is 5.97 Å². The molecule has 6 heteroatoms. The van der Waals surface area contributed by atoms with Crippen molar-refractivity contribution in [2.24, 2.45) is 5.73 Å². The van der Waals surface area contributed by atoms with E-state index in [1.165, 1.54) is 18.2 Å². The van der Waals surface area contributed by atoms with Crippen LogP contribution in [0.2, 0.25) is 0 Å². The average Bonchev–Trinajstić information content (AvgIpc) is 2.44. The molecule has 19 heavy (non-hydrogen) atoms. The number of nitrogens with zero attached hydrogens (tertiary/aromatic N) is 1. The first-order valence-corrected chi connectivity index (χ1v) is 8.08. The van der Waals surface area contributed by atoms with Crippen molar-refractivity contribution in [3.05, 3.63) is 0 Å². The van der Waals surface area contributed by atoms with Gasteiger partial charge in [0.1, 0.15) is 6.04 Å². The topological polar surface area (TPSA) is 72.6 Å². The molecule has 1 atom stereocenters. The van der Waals surface area contributed by atoms with Gasteiger partial charge in [0.05, 0.1) is 12.4 Å². The molecule has 1 fully saturated rings. The zero-order valence-corrected chi connectivity index (χ0v) is 12.4. The smallest absolute Gasteiger partial charge is 0.322 e. The Labute approximate surface area is 119 Å². The molecule has 0 aromatic rings. The Morgan fingerprint density at radius 2 is 2.00 bits per heavy atom. The van der Waals surface area contributed by atoms with Gasteiger partial charge in [0.2, 0.25) is 5.91 Å². The first kappa shape index (κ1) is 16.3. The standard InChI is InChI=1S/C13H24N2O3S/c1-2-18-13(17)11(14)6-9-19-10-12(16)15-7-4-3-5-8-15/h11H,2-10,14H2,1H3. The van der Waals surface area contributed by atoms with Crippen LogP contribution in [0.4, 0.5) is 0 Å². The number of hydrogen-bond acceptors (Lipinski definition) is 5. The molecule has 0 aromatic heterocycles. The van der Waals surface area contributed by atoms with E-state index in [2.05, 4.69) is 0 Å². The van der Waals surface area contributed by atoms with E-state index in [9.17, 15) is 9.59 Å². The quantitative estimate of drug-likeness (QED) is 0.559. The fourth-order valence-corrected chi connectivity index (χ4v) is 2.89. The van der Waals surface area contributed by atoms with Gasteiger partial charge in [0.15, 0.2) is 0 Å². The Bertz CT molecular complexity index is 294. The van der Waals surface area contributed by atoms with E-state index < -0.39 is 6.04 Å². The van der Waals surface area contributed by atoms with Gasteiger partial charge in [-0.3, -0.25) is 9.59 Å². The van der Waals surface area contributed by atoms with Gasteiger partial charge in [-0.2, -0.15) is 11.8 Å². The number of amides is 1. The first-order valence-electron chi connectivity index (χ1n) is 6.93. The summed E-state index contributed by atoms with van der Waals surface area (Å²) < 4.78 is 4.83. The normalized spacial score (nSPS) is 17.1. The van der Waals surface area contributed by atoms with Gasteiger partial charge in [-0.05, 0) is 38.4 Å². The van der Waals surface area contributed by atoms with Crippen molar-refractivity contribution in [2.45, 2.75) is 38.6 Å². The molecule has 0 bridgehead atoms. The van der Waals surface area contributed by atoms with Crippen molar-refractivity contribution in [3.8, 4) is 0 Å². The maximum absolute atomic E-state index is 11.9. The molecule has 1 amide bonds. The first-order chi connectivity index (χ1) is 9.15. The molecule has 110 valence electrons. The summed E-state index contributed by atoms with van der Waals surface area (Å²) in [6, 6.07) is -0.572. The van der Waals surface area contributed by atoms with Crippen LogP contribution < -0.4 is 5.73 Å². The summed E-state index contributed by atoms with van der Waals surface area (Å²) >= 11 is 1.54. The van der Waals surface area contributed by atoms with Gasteiger partial charge in [0, 0.05) is 13.1 Å². The lowest BCUT2D eigenvalue weighted by Gasteiger charge is -2.26. The number of nitrogens with two attached hydrogens (primary N) is 1. The highest BCUT2D eigenvalue weighted by molar-refractivity contribution is 7.99. The van der Waals surface area contributed by atoms with Crippen molar-refractivity contribution in [1.29, 1.82) is 0 Å². The second kappa shape index (κ2) is 9.20. The summed E-state index contributed by atoms with van der Waals surface area (Å²) in [4.78, 5) is 25.1. The average molecular weight is 288 g/mol. The fraction of sp³-hybridized carbons (Fsp3) is 0.846. The highest BCUT2D eigenvalue weighted by Gasteiger charge is 2.17. The summed E-state index contributed by atoms with van der Waals surface area (Å²) in [7, 11) is 0. The lowest BCUT2D eigenvalue weighted by Crippen LogP contribution is -2.37. The third kappa shape index (κ3) is 6.29. The van der Waals surface area contributed by atoms with Crippen molar-refractivity contribution in [1.82, 2.24) is 4.90 Å². The Balaban J connectivity index is 2.09. The predicted molar refractivity (Wildman–Crippen MR) is 77.0 cm³/mol. The zero-order chi connectivity index (χ0) is 14.1. The van der Waals surface area contributed by atoms with E-state index >= 15 is 0 Å². The Morgan fingerprint density at radius 1 is 1.32 bits per heavy atom. The second-order valence-corrected chi connectivity index (χ2v) is 5.75. The van der Waals surface area contributed by atoms with Crippen LogP contribution in [-0.4, -0.2) is 54.0 Å². The molecular weight excluding hydrogens is 264 g/mol. The molecule has 1 unspecified atom stereocenters. The largest absolute Gasteiger partial charge is 0.465 e. The molecule has 5 nitrogen and oxygen atoms in total. The number of carbonyl (C=O) groups excluding carboxylic acids is 2. The molecule has 0 aromatic carbocycles. The third-order valence-electron chi connectivity index (χ3n) is 3.10. The molecule has 0 aliphatic carbocycles. The molecule has 0 radical (unpaired) electrons. The van der Waals surface area contributed by atoms with Crippen LogP contribution >= 0.6 is 11.8 Å². The number of rotatable bonds is 7. The van der Waals surface area contributed by atoms with Crippen LogP contribution in [0.15, 0.2) is 0 Å². The van der Waals surface area contributed by atoms with Gasteiger partial charge in [-0.15, -0.1) is 0 Å². The van der Waals surface area contributed by atoms with Crippen LogP contribution in [0.3, 0.4) is 0 Å². The van der Waals surface area contributed by atoms with Crippen LogP contribution in [0.5, 0.6) is 0 Å². The Morgan fingerprint density at radius 3 is 2.63 bits per heavy atom. The highest BCUT2D eigenvalue weighted by Crippen LogP contribution is 2.12. The molecule has 1 saturated heterocycles. The van der Waals surface area contributed by atoms with Crippen LogP contribution in [0.25, 0.3) is 0 Å². The summed E-state index contributed by atoms with van der Waals surface area (Å²) in [6.45, 7) is 3.90. The van der Waals surface area contributed by atoms with Crippen LogP contribution in [0.1, 0.15) is 32.6 Å². The number of esters is 1. The monoisotopic (exact) mass is 288 g/mol. The van der Waals surface area contributed by atoms with E-state index in [0.29, 0.717) is 24.5 Å². The number of carbonyl (C=O) groups is 2. The lowest BCUT2D eigenvalue weighted by atomic mass is 10.1. The maximum atomic E-state index is 11.9. The van der Waals surface area contributed by atoms with E-state index in [-0.39, 0.29) is 11.9 Å². The molecule has 1 rings (SSSR count). The summed E-state index contributed by atoms with van der Waals surface area (Å²) in [6.07, 6.45) is 4.01. The van der Waals surface area contributed by atoms with E-state index in [4.69, 9.17) is 10.5 Å². The fourth-order valence-electron chi connectivity index (χ4n) is 1.97. The number of ether oxygens (including phenoxy) is 1. The highest BCUT2D eigenvalue weighted by atomic mass is 32.2. The van der Waals surface area contributed by atoms with E-state index in [1.807, 2.05) is 4.90 Å². The molecule has 1 heterocycles. The summed E-state index contributed by atoms with van der Waals surface area (Å²) in [5, 5.41) is 0. The van der Waals surface area contributed by atoms with Crippen molar-refractivity contribution < 1.29 is 14.3 Å². The lowest BCUT2D eigenvalue weighted by molar-refractivity contribution is -0.144. The van der Waals surface area contributed by atoms with Gasteiger partial charge in [-0.1, -0.05) is 0 Å². The number of likely N-dealkylation sites (tertiary alicyclic amines) is 1. The van der Waals surface area contributed by atoms with Crippen LogP contribution in [-0.2, 0) is 14.3 Å². The molecule has 0 saturated carbocycles. The van der Waals surface area contributed by atoms with Crippen molar-refractivity contribution in [3.63, 3.8) is 0 Å². The minimum Gasteiger partial charge on any atom is -0.465 e. The SMILES string of the molecule is CCOC(=O)C(N)CCSCC(=O)N1CCCCC1. The van der Waals surface area contributed by atoms with Crippen molar-refractivity contribution >= 4 is 23.6 Å². The minimum atomic E-state index is -0.572. The number of hydrogen-bond donors (Lipinski definition) is 1. The zero-order valence-electron chi connectivity index (χ0n) is 11.6. The van der Waals surface area contributed by atoms with Gasteiger partial charge in [-0.25, -0.2) is 0 Å². The predicted octanol–water partition coefficient (Wildman–Crippen LogP) is 1.01. The van der Waals surface area contributed by atoms with Crippen LogP contribution in [0, 0.1) is 0 Å². The molecular formula is C13H24N2O3S. The van der Waals surface area contributed by atoms with Gasteiger partial charge < -0.3 is 15.4 Å². The molecule has 1 aliphatic rings. The van der Waals surface area contributed by atoms with Crippen molar-refractivity contribution in [2.75, 3.05) is 31.2 Å².